The number of carboxylic acids is 1. The van der Waals surface area contributed by atoms with Crippen molar-refractivity contribution < 1.29 is 14.7 Å². The fraction of sp³-hybridized carbons (Fsp3) is 0.312. The first kappa shape index (κ1) is 15.8. The van der Waals surface area contributed by atoms with Gasteiger partial charge in [-0.05, 0) is 25.0 Å². The number of hydrogen-bond donors (Lipinski definition) is 2. The van der Waals surface area contributed by atoms with Crippen LogP contribution in [0.25, 0.3) is 0 Å². The van der Waals surface area contributed by atoms with E-state index in [1.165, 1.54) is 16.9 Å². The van der Waals surface area contributed by atoms with E-state index in [1.54, 1.807) is 0 Å². The lowest BCUT2D eigenvalue weighted by molar-refractivity contribution is -0.137. The standard InChI is InChI=1S/C16H19N3O3/c1-3-13(12-6-4-11(2)5-7-12)18-16(22)14-8-9-17-19(14)10-15(20)21/h4-9,13H,3,10H2,1-2H3,(H,18,22)(H,20,21). The summed E-state index contributed by atoms with van der Waals surface area (Å²) in [6.45, 7) is 3.66. The SMILES string of the molecule is CCC(NC(=O)c1ccnn1CC(=O)O)c1ccc(C)cc1. The van der Waals surface area contributed by atoms with Crippen LogP contribution in [0.3, 0.4) is 0 Å². The molecule has 22 heavy (non-hydrogen) atoms. The Morgan fingerprint density at radius 3 is 2.55 bits per heavy atom. The molecule has 6 heteroatoms. The number of aryl methyl sites for hydroxylation is 1. The molecule has 0 fully saturated rings. The first-order valence-electron chi connectivity index (χ1n) is 7.12. The van der Waals surface area contributed by atoms with E-state index in [0.29, 0.717) is 0 Å². The lowest BCUT2D eigenvalue weighted by atomic mass is 10.0. The van der Waals surface area contributed by atoms with Crippen LogP contribution in [0.2, 0.25) is 0 Å². The molecule has 116 valence electrons. The molecule has 0 aliphatic carbocycles. The van der Waals surface area contributed by atoms with Crippen molar-refractivity contribution in [3.63, 3.8) is 0 Å². The number of nitrogens with zero attached hydrogens (tertiary/aromatic N) is 2. The maximum Gasteiger partial charge on any atom is 0.325 e. The van der Waals surface area contributed by atoms with Gasteiger partial charge in [-0.2, -0.15) is 5.10 Å². The molecule has 0 aliphatic rings. The van der Waals surface area contributed by atoms with Crippen LogP contribution in [-0.2, 0) is 11.3 Å². The van der Waals surface area contributed by atoms with Crippen molar-refractivity contribution in [3.8, 4) is 0 Å². The van der Waals surface area contributed by atoms with Gasteiger partial charge in [-0.15, -0.1) is 0 Å². The summed E-state index contributed by atoms with van der Waals surface area (Å²) in [5.41, 5.74) is 2.42. The lowest BCUT2D eigenvalue weighted by Gasteiger charge is -2.18. The highest BCUT2D eigenvalue weighted by Crippen LogP contribution is 2.17. The molecule has 1 amide bonds. The van der Waals surface area contributed by atoms with Crippen LogP contribution >= 0.6 is 0 Å². The lowest BCUT2D eigenvalue weighted by Crippen LogP contribution is -2.30. The number of carbonyl (C=O) groups is 2. The van der Waals surface area contributed by atoms with E-state index in [4.69, 9.17) is 5.11 Å². The van der Waals surface area contributed by atoms with Crippen LogP contribution < -0.4 is 5.32 Å². The summed E-state index contributed by atoms with van der Waals surface area (Å²) in [4.78, 5) is 23.1. The second kappa shape index (κ2) is 6.89. The van der Waals surface area contributed by atoms with Gasteiger partial charge in [-0.3, -0.25) is 9.59 Å². The van der Waals surface area contributed by atoms with Crippen molar-refractivity contribution >= 4 is 11.9 Å². The van der Waals surface area contributed by atoms with Gasteiger partial charge in [0.1, 0.15) is 12.2 Å². The highest BCUT2D eigenvalue weighted by molar-refractivity contribution is 5.93. The van der Waals surface area contributed by atoms with Crippen molar-refractivity contribution in [2.75, 3.05) is 0 Å². The second-order valence-electron chi connectivity index (χ2n) is 5.11. The topological polar surface area (TPSA) is 84.2 Å². The summed E-state index contributed by atoms with van der Waals surface area (Å²) >= 11 is 0. The van der Waals surface area contributed by atoms with Crippen molar-refractivity contribution in [1.82, 2.24) is 15.1 Å². The number of benzene rings is 1. The number of carboxylic acid groups (broad SMARTS) is 1. The third-order valence-corrected chi connectivity index (χ3v) is 3.43. The Balaban J connectivity index is 2.14. The van der Waals surface area contributed by atoms with E-state index in [1.807, 2.05) is 38.1 Å². The molecule has 6 nitrogen and oxygen atoms in total. The highest BCUT2D eigenvalue weighted by Gasteiger charge is 2.18. The Morgan fingerprint density at radius 2 is 1.95 bits per heavy atom. The Labute approximate surface area is 128 Å². The highest BCUT2D eigenvalue weighted by atomic mass is 16.4. The largest absolute Gasteiger partial charge is 0.480 e. The molecule has 0 saturated carbocycles. The third-order valence-electron chi connectivity index (χ3n) is 3.43. The second-order valence-corrected chi connectivity index (χ2v) is 5.11. The number of rotatable bonds is 6. The Morgan fingerprint density at radius 1 is 1.27 bits per heavy atom. The summed E-state index contributed by atoms with van der Waals surface area (Å²) in [6.07, 6.45) is 2.16. The summed E-state index contributed by atoms with van der Waals surface area (Å²) < 4.78 is 1.18. The molecule has 2 N–H and O–H groups in total. The molecule has 1 aromatic carbocycles. The number of amides is 1. The predicted molar refractivity (Wildman–Crippen MR) is 81.5 cm³/mol. The minimum absolute atomic E-state index is 0.124. The number of aromatic nitrogens is 2. The maximum absolute atomic E-state index is 12.4. The van der Waals surface area contributed by atoms with E-state index in [9.17, 15) is 9.59 Å². The molecule has 1 atom stereocenters. The van der Waals surface area contributed by atoms with Crippen LogP contribution in [0.1, 0.15) is 41.0 Å². The molecule has 0 spiro atoms. The summed E-state index contributed by atoms with van der Waals surface area (Å²) in [7, 11) is 0. The van der Waals surface area contributed by atoms with Gasteiger partial charge >= 0.3 is 5.97 Å². The summed E-state index contributed by atoms with van der Waals surface area (Å²) in [6, 6.07) is 9.36. The van der Waals surface area contributed by atoms with Crippen LogP contribution in [0.4, 0.5) is 0 Å². The molecule has 1 aromatic heterocycles. The first-order valence-corrected chi connectivity index (χ1v) is 7.12. The fourth-order valence-electron chi connectivity index (χ4n) is 2.23. The van der Waals surface area contributed by atoms with Crippen LogP contribution in [0.15, 0.2) is 36.5 Å². The number of nitrogens with one attached hydrogen (secondary N) is 1. The van der Waals surface area contributed by atoms with Gasteiger partial charge in [0.15, 0.2) is 0 Å². The van der Waals surface area contributed by atoms with Gasteiger partial charge in [0, 0.05) is 6.20 Å². The number of hydrogen-bond acceptors (Lipinski definition) is 3. The molecule has 0 aliphatic heterocycles. The van der Waals surface area contributed by atoms with E-state index in [0.717, 1.165) is 17.5 Å². The molecule has 0 bridgehead atoms. The summed E-state index contributed by atoms with van der Waals surface area (Å²) in [5.74, 6) is -1.37. The minimum atomic E-state index is -1.04. The monoisotopic (exact) mass is 301 g/mol. The summed E-state index contributed by atoms with van der Waals surface area (Å²) in [5, 5.41) is 15.6. The Kier molecular flexibility index (Phi) is 4.93. The van der Waals surface area contributed by atoms with E-state index >= 15 is 0 Å². The minimum Gasteiger partial charge on any atom is -0.480 e. The van der Waals surface area contributed by atoms with E-state index in [-0.39, 0.29) is 24.2 Å². The van der Waals surface area contributed by atoms with Gasteiger partial charge < -0.3 is 10.4 Å². The molecule has 0 radical (unpaired) electrons. The predicted octanol–water partition coefficient (Wildman–Crippen LogP) is 2.16. The third kappa shape index (κ3) is 3.72. The van der Waals surface area contributed by atoms with Crippen molar-refractivity contribution in [3.05, 3.63) is 53.3 Å². The molecule has 0 saturated heterocycles. The molecule has 1 heterocycles. The van der Waals surface area contributed by atoms with Crippen molar-refractivity contribution in [2.24, 2.45) is 0 Å². The van der Waals surface area contributed by atoms with Gasteiger partial charge in [-0.25, -0.2) is 4.68 Å². The Hall–Kier alpha value is -2.63. The van der Waals surface area contributed by atoms with Gasteiger partial charge in [0.05, 0.1) is 6.04 Å². The van der Waals surface area contributed by atoms with Crippen LogP contribution in [-0.4, -0.2) is 26.8 Å². The van der Waals surface area contributed by atoms with Crippen LogP contribution in [0, 0.1) is 6.92 Å². The fourth-order valence-corrected chi connectivity index (χ4v) is 2.23. The van der Waals surface area contributed by atoms with E-state index in [2.05, 4.69) is 10.4 Å². The van der Waals surface area contributed by atoms with E-state index < -0.39 is 5.97 Å². The van der Waals surface area contributed by atoms with Crippen LogP contribution in [0.5, 0.6) is 0 Å². The zero-order valence-electron chi connectivity index (χ0n) is 12.6. The normalized spacial score (nSPS) is 11.9. The number of carbonyl (C=O) groups excluding carboxylic acids is 1. The molecule has 2 rings (SSSR count). The molecular formula is C16H19N3O3. The average Bonchev–Trinajstić information content (AvgIpc) is 2.93. The molecule has 1 unspecified atom stereocenters. The zero-order chi connectivity index (χ0) is 16.1. The van der Waals surface area contributed by atoms with Gasteiger partial charge in [0.2, 0.25) is 0 Å². The van der Waals surface area contributed by atoms with Crippen molar-refractivity contribution in [2.45, 2.75) is 32.9 Å². The number of aliphatic carboxylic acids is 1. The smallest absolute Gasteiger partial charge is 0.325 e. The maximum atomic E-state index is 12.4. The Bertz CT molecular complexity index is 662. The van der Waals surface area contributed by atoms with Crippen molar-refractivity contribution in [1.29, 1.82) is 0 Å². The van der Waals surface area contributed by atoms with Gasteiger partial charge in [0.25, 0.3) is 5.91 Å². The quantitative estimate of drug-likeness (QED) is 0.856. The molecular weight excluding hydrogens is 282 g/mol. The molecule has 2 aromatic rings. The van der Waals surface area contributed by atoms with Gasteiger partial charge in [-0.1, -0.05) is 36.8 Å². The zero-order valence-corrected chi connectivity index (χ0v) is 12.6. The average molecular weight is 301 g/mol. The first-order chi connectivity index (χ1) is 10.5.